The van der Waals surface area contributed by atoms with Crippen molar-refractivity contribution in [3.8, 4) is 0 Å². The highest BCUT2D eigenvalue weighted by atomic mass is 35.5. The van der Waals surface area contributed by atoms with Crippen LogP contribution in [-0.2, 0) is 15.9 Å². The Kier molecular flexibility index (Phi) is 5.59. The van der Waals surface area contributed by atoms with Crippen molar-refractivity contribution < 1.29 is 8.42 Å². The first kappa shape index (κ1) is 15.4. The van der Waals surface area contributed by atoms with Crippen LogP contribution in [-0.4, -0.2) is 51.9 Å². The second kappa shape index (κ2) is 6.52. The summed E-state index contributed by atoms with van der Waals surface area (Å²) < 4.78 is 25.8. The van der Waals surface area contributed by atoms with Crippen LogP contribution in [0, 0.1) is 0 Å². The predicted octanol–water partition coefficient (Wildman–Crippen LogP) is 1.61. The molecule has 0 unspecified atom stereocenters. The lowest BCUT2D eigenvalue weighted by atomic mass is 10.2. The summed E-state index contributed by atoms with van der Waals surface area (Å²) in [5.74, 6) is 0.386. The molecule has 6 heteroatoms. The minimum Gasteiger partial charge on any atom is -0.308 e. The van der Waals surface area contributed by atoms with Gasteiger partial charge in [-0.05, 0) is 31.8 Å². The van der Waals surface area contributed by atoms with Gasteiger partial charge < -0.3 is 4.90 Å². The molecule has 1 aromatic rings. The number of benzene rings is 1. The molecule has 1 aromatic carbocycles. The highest BCUT2D eigenvalue weighted by Crippen LogP contribution is 2.15. The van der Waals surface area contributed by atoms with Gasteiger partial charge in [0.2, 0.25) is 10.0 Å². The summed E-state index contributed by atoms with van der Waals surface area (Å²) in [5, 5.41) is 0. The second-order valence-electron chi connectivity index (χ2n) is 4.41. The van der Waals surface area contributed by atoms with E-state index in [4.69, 9.17) is 11.6 Å². The minimum atomic E-state index is -3.40. The van der Waals surface area contributed by atoms with Crippen LogP contribution in [0.2, 0.25) is 0 Å². The molecule has 0 heterocycles. The molecule has 0 radical (unpaired) electrons. The zero-order chi connectivity index (χ0) is 13.8. The molecule has 0 fully saturated rings. The van der Waals surface area contributed by atoms with Gasteiger partial charge in [0, 0.05) is 26.0 Å². The highest BCUT2D eigenvalue weighted by molar-refractivity contribution is 7.89. The van der Waals surface area contributed by atoms with Crippen LogP contribution in [0.25, 0.3) is 0 Å². The van der Waals surface area contributed by atoms with Crippen molar-refractivity contribution in [2.75, 3.05) is 34.2 Å². The fourth-order valence-electron chi connectivity index (χ4n) is 1.39. The van der Waals surface area contributed by atoms with Crippen LogP contribution < -0.4 is 0 Å². The van der Waals surface area contributed by atoms with Gasteiger partial charge >= 0.3 is 0 Å². The molecular formula is C12H19ClN2O2S. The highest BCUT2D eigenvalue weighted by Gasteiger charge is 2.20. The Hall–Kier alpha value is -0.620. The third-order valence-electron chi connectivity index (χ3n) is 2.65. The summed E-state index contributed by atoms with van der Waals surface area (Å²) in [4.78, 5) is 2.25. The molecule has 1 rings (SSSR count). The lowest BCUT2D eigenvalue weighted by molar-refractivity contribution is 0.358. The number of likely N-dealkylation sites (N-methyl/N-ethyl adjacent to an activating group) is 2. The maximum atomic E-state index is 12.2. The quantitative estimate of drug-likeness (QED) is 0.748. The van der Waals surface area contributed by atoms with Crippen molar-refractivity contribution in [2.24, 2.45) is 0 Å². The van der Waals surface area contributed by atoms with Gasteiger partial charge in [0.05, 0.1) is 4.90 Å². The molecule has 0 saturated carbocycles. The van der Waals surface area contributed by atoms with Crippen molar-refractivity contribution in [3.05, 3.63) is 29.8 Å². The number of nitrogens with zero attached hydrogens (tertiary/aromatic N) is 2. The smallest absolute Gasteiger partial charge is 0.242 e. The Morgan fingerprint density at radius 2 is 1.61 bits per heavy atom. The Labute approximate surface area is 114 Å². The van der Waals surface area contributed by atoms with Crippen LogP contribution in [0.1, 0.15) is 5.56 Å². The summed E-state index contributed by atoms with van der Waals surface area (Å²) in [6, 6.07) is 6.66. The van der Waals surface area contributed by atoms with Gasteiger partial charge in [-0.3, -0.25) is 0 Å². The Balaban J connectivity index is 2.84. The molecule has 0 atom stereocenters. The van der Waals surface area contributed by atoms with Crippen molar-refractivity contribution >= 4 is 21.6 Å². The van der Waals surface area contributed by atoms with Crippen LogP contribution in [0.4, 0.5) is 0 Å². The maximum Gasteiger partial charge on any atom is 0.242 e. The van der Waals surface area contributed by atoms with E-state index in [1.165, 1.54) is 4.31 Å². The van der Waals surface area contributed by atoms with Gasteiger partial charge in [-0.15, -0.1) is 11.6 Å². The molecule has 0 bridgehead atoms. The van der Waals surface area contributed by atoms with E-state index in [0.29, 0.717) is 23.9 Å². The third-order valence-corrected chi connectivity index (χ3v) is 4.83. The van der Waals surface area contributed by atoms with Gasteiger partial charge in [-0.25, -0.2) is 8.42 Å². The number of alkyl halides is 1. The fourth-order valence-corrected chi connectivity index (χ4v) is 2.73. The summed E-state index contributed by atoms with van der Waals surface area (Å²) in [6.07, 6.45) is 0. The van der Waals surface area contributed by atoms with E-state index in [-0.39, 0.29) is 0 Å². The minimum absolute atomic E-state index is 0.303. The largest absolute Gasteiger partial charge is 0.308 e. The van der Waals surface area contributed by atoms with Crippen molar-refractivity contribution in [1.29, 1.82) is 0 Å². The van der Waals surface area contributed by atoms with Crippen LogP contribution >= 0.6 is 11.6 Å². The summed E-state index contributed by atoms with van der Waals surface area (Å²) >= 11 is 5.68. The fraction of sp³-hybridized carbons (Fsp3) is 0.500. The van der Waals surface area contributed by atoms with Crippen LogP contribution in [0.15, 0.2) is 29.2 Å². The third kappa shape index (κ3) is 3.95. The number of hydrogen-bond acceptors (Lipinski definition) is 3. The number of sulfonamides is 1. The van der Waals surface area contributed by atoms with Crippen molar-refractivity contribution in [2.45, 2.75) is 10.8 Å². The molecule has 0 aliphatic heterocycles. The van der Waals surface area contributed by atoms with E-state index in [9.17, 15) is 8.42 Å². The monoisotopic (exact) mass is 290 g/mol. The molecule has 0 aliphatic rings. The van der Waals surface area contributed by atoms with Crippen molar-refractivity contribution in [3.63, 3.8) is 0 Å². The summed E-state index contributed by atoms with van der Waals surface area (Å²) in [7, 11) is 2.02. The normalized spacial score (nSPS) is 12.3. The molecule has 4 nitrogen and oxygen atoms in total. The summed E-state index contributed by atoms with van der Waals surface area (Å²) in [6.45, 7) is 1.15. The lowest BCUT2D eigenvalue weighted by Gasteiger charge is -2.19. The predicted molar refractivity (Wildman–Crippen MR) is 74.4 cm³/mol. The molecule has 102 valence electrons. The first-order valence-corrected chi connectivity index (χ1v) is 7.61. The zero-order valence-corrected chi connectivity index (χ0v) is 12.5. The lowest BCUT2D eigenvalue weighted by Crippen LogP contribution is -2.33. The van der Waals surface area contributed by atoms with E-state index < -0.39 is 10.0 Å². The van der Waals surface area contributed by atoms with E-state index in [1.54, 1.807) is 31.3 Å². The average Bonchev–Trinajstić information content (AvgIpc) is 2.35. The van der Waals surface area contributed by atoms with E-state index >= 15 is 0 Å². The van der Waals surface area contributed by atoms with Gasteiger partial charge in [-0.1, -0.05) is 12.1 Å². The van der Waals surface area contributed by atoms with E-state index in [2.05, 4.69) is 0 Å². The standard InChI is InChI=1S/C12H19ClN2O2S/c1-14(2)8-9-15(3)18(16,17)12-6-4-11(10-13)5-7-12/h4-7H,8-10H2,1-3H3. The van der Waals surface area contributed by atoms with Gasteiger partial charge in [0.25, 0.3) is 0 Å². The maximum absolute atomic E-state index is 12.2. The molecular weight excluding hydrogens is 272 g/mol. The Bertz CT molecular complexity index is 471. The molecule has 0 aromatic heterocycles. The zero-order valence-electron chi connectivity index (χ0n) is 10.9. The van der Waals surface area contributed by atoms with Crippen LogP contribution in [0.3, 0.4) is 0 Å². The van der Waals surface area contributed by atoms with Gasteiger partial charge in [0.15, 0.2) is 0 Å². The number of rotatable bonds is 6. The van der Waals surface area contributed by atoms with Crippen molar-refractivity contribution in [1.82, 2.24) is 9.21 Å². The SMILES string of the molecule is CN(C)CCN(C)S(=O)(=O)c1ccc(CCl)cc1. The Morgan fingerprint density at radius 1 is 1.06 bits per heavy atom. The first-order chi connectivity index (χ1) is 8.37. The van der Waals surface area contributed by atoms with E-state index in [1.807, 2.05) is 19.0 Å². The molecule has 0 saturated heterocycles. The van der Waals surface area contributed by atoms with Gasteiger partial charge in [-0.2, -0.15) is 4.31 Å². The Morgan fingerprint density at radius 3 is 2.06 bits per heavy atom. The molecule has 0 aliphatic carbocycles. The number of hydrogen-bond donors (Lipinski definition) is 0. The van der Waals surface area contributed by atoms with Crippen LogP contribution in [0.5, 0.6) is 0 Å². The summed E-state index contributed by atoms with van der Waals surface area (Å²) in [5.41, 5.74) is 0.909. The first-order valence-electron chi connectivity index (χ1n) is 5.64. The molecule has 0 spiro atoms. The average molecular weight is 291 g/mol. The van der Waals surface area contributed by atoms with Gasteiger partial charge in [0.1, 0.15) is 0 Å². The molecule has 0 amide bonds. The number of halogens is 1. The van der Waals surface area contributed by atoms with E-state index in [0.717, 1.165) is 5.56 Å². The second-order valence-corrected chi connectivity index (χ2v) is 6.72. The molecule has 0 N–H and O–H groups in total. The molecule has 18 heavy (non-hydrogen) atoms. The topological polar surface area (TPSA) is 40.6 Å².